The van der Waals surface area contributed by atoms with Crippen LogP contribution in [0.25, 0.3) is 11.1 Å². The number of esters is 2. The maximum Gasteiger partial charge on any atom is 0.342 e. The van der Waals surface area contributed by atoms with Gasteiger partial charge in [-0.25, -0.2) is 13.6 Å². The number of hydrogen-bond donors (Lipinski definition) is 4. The van der Waals surface area contributed by atoms with Crippen molar-refractivity contribution in [3.05, 3.63) is 119 Å². The minimum Gasteiger partial charge on any atom is -0.508 e. The monoisotopic (exact) mass is 756 g/mol. The number of aromatic hydroxyl groups is 3. The second-order valence-electron chi connectivity index (χ2n) is 12.5. The SMILES string of the molecule is COc1cc([C@@H]2Oc3cc([C@@H]4Oc5cc(O)cc(O)c5C(=O)[C@H]4O)ccc3O[C@H]2COC(=O)c2cc(-c3ccc(F)cc3F)ccc2OC(C)=O)ccc1O. The molecule has 2 aliphatic heterocycles. The topological polar surface area (TPSA) is 188 Å². The van der Waals surface area contributed by atoms with Crippen LogP contribution in [-0.4, -0.2) is 64.1 Å². The highest BCUT2D eigenvalue weighted by atomic mass is 19.1. The Morgan fingerprint density at radius 2 is 1.51 bits per heavy atom. The molecule has 13 nitrogen and oxygen atoms in total. The van der Waals surface area contributed by atoms with Gasteiger partial charge in [0.25, 0.3) is 0 Å². The number of phenolic OH excluding ortho intramolecular Hbond substituents is 3. The summed E-state index contributed by atoms with van der Waals surface area (Å²) in [5.74, 6) is -5.30. The van der Waals surface area contributed by atoms with Crippen molar-refractivity contribution in [1.82, 2.24) is 0 Å². The molecular weight excluding hydrogens is 726 g/mol. The van der Waals surface area contributed by atoms with E-state index in [0.717, 1.165) is 25.1 Å². The number of halogens is 2. The lowest BCUT2D eigenvalue weighted by molar-refractivity contribution is -0.131. The third-order valence-corrected chi connectivity index (χ3v) is 8.89. The van der Waals surface area contributed by atoms with Crippen molar-refractivity contribution >= 4 is 17.7 Å². The number of carbonyl (C=O) groups is 3. The van der Waals surface area contributed by atoms with E-state index in [0.29, 0.717) is 11.6 Å². The van der Waals surface area contributed by atoms with Gasteiger partial charge in [0.2, 0.25) is 5.78 Å². The van der Waals surface area contributed by atoms with Crippen LogP contribution in [0.1, 0.15) is 51.0 Å². The van der Waals surface area contributed by atoms with Gasteiger partial charge >= 0.3 is 11.9 Å². The van der Waals surface area contributed by atoms with Crippen LogP contribution in [0, 0.1) is 11.6 Å². The fourth-order valence-corrected chi connectivity index (χ4v) is 6.33. The molecule has 2 aliphatic rings. The van der Waals surface area contributed by atoms with E-state index in [9.17, 15) is 43.6 Å². The van der Waals surface area contributed by atoms with E-state index >= 15 is 0 Å². The van der Waals surface area contributed by atoms with Crippen LogP contribution >= 0.6 is 0 Å². The minimum absolute atomic E-state index is 0.0258. The number of benzene rings is 5. The van der Waals surface area contributed by atoms with Crippen LogP contribution < -0.4 is 23.7 Å². The Bertz CT molecular complexity index is 2360. The summed E-state index contributed by atoms with van der Waals surface area (Å²) in [5.41, 5.74) is 0.283. The Morgan fingerprint density at radius 3 is 2.25 bits per heavy atom. The number of carbonyl (C=O) groups excluding carboxylic acids is 3. The highest BCUT2D eigenvalue weighted by Gasteiger charge is 2.41. The van der Waals surface area contributed by atoms with Crippen molar-refractivity contribution in [1.29, 1.82) is 0 Å². The summed E-state index contributed by atoms with van der Waals surface area (Å²) in [5, 5.41) is 41.4. The standard InChI is InChI=1S/C40H30F2O13/c1-18(43)52-29-9-4-19(24-7-6-22(41)14-26(24)42)11-25(29)40(49)51-17-34-38(20-3-8-27(45)31(12-20)50-2)54-32-13-21(5-10-30(32)53-34)39-37(48)36(47)35-28(46)15-23(44)16-33(35)55-39/h3-16,34,37-39,44-46,48H,17H2,1-2H3/t34-,37+,38-,39-/m0/s1. The molecule has 0 amide bonds. The molecule has 5 aromatic carbocycles. The molecule has 0 fully saturated rings. The molecule has 0 spiro atoms. The number of fused-ring (bicyclic) bond motifs is 2. The van der Waals surface area contributed by atoms with E-state index in [1.54, 1.807) is 0 Å². The highest BCUT2D eigenvalue weighted by Crippen LogP contribution is 2.46. The van der Waals surface area contributed by atoms with Gasteiger partial charge in [0, 0.05) is 36.2 Å². The lowest BCUT2D eigenvalue weighted by atomic mass is 9.92. The molecule has 55 heavy (non-hydrogen) atoms. The molecule has 4 N–H and O–H groups in total. The van der Waals surface area contributed by atoms with Crippen molar-refractivity contribution < 1.29 is 72.0 Å². The number of aliphatic hydroxyl groups is 1. The summed E-state index contributed by atoms with van der Waals surface area (Å²) in [7, 11) is 1.35. The first-order valence-corrected chi connectivity index (χ1v) is 16.6. The van der Waals surface area contributed by atoms with Crippen LogP contribution in [0.4, 0.5) is 8.78 Å². The molecule has 0 unspecified atom stereocenters. The van der Waals surface area contributed by atoms with Gasteiger partial charge in [-0.05, 0) is 59.7 Å². The van der Waals surface area contributed by atoms with E-state index in [1.807, 2.05) is 0 Å². The number of Topliss-reactive ketones (excluding diaryl/α,β-unsaturated/α-hetero) is 1. The summed E-state index contributed by atoms with van der Waals surface area (Å²) in [4.78, 5) is 38.6. The predicted molar refractivity (Wildman–Crippen MR) is 186 cm³/mol. The molecule has 0 saturated carbocycles. The van der Waals surface area contributed by atoms with Gasteiger partial charge < -0.3 is 48.8 Å². The maximum atomic E-state index is 14.7. The van der Waals surface area contributed by atoms with Gasteiger partial charge in [-0.3, -0.25) is 9.59 Å². The van der Waals surface area contributed by atoms with E-state index in [4.69, 9.17) is 28.4 Å². The normalized spacial score (nSPS) is 18.5. The molecule has 5 aromatic rings. The molecule has 0 aromatic heterocycles. The van der Waals surface area contributed by atoms with Gasteiger partial charge in [0.1, 0.15) is 52.4 Å². The summed E-state index contributed by atoms with van der Waals surface area (Å²) in [6.07, 6.45) is -5.15. The highest BCUT2D eigenvalue weighted by molar-refractivity contribution is 6.05. The van der Waals surface area contributed by atoms with Crippen LogP contribution in [0.15, 0.2) is 84.9 Å². The number of methoxy groups -OCH3 is 1. The van der Waals surface area contributed by atoms with E-state index in [1.165, 1.54) is 67.8 Å². The Morgan fingerprint density at radius 1 is 0.764 bits per heavy atom. The van der Waals surface area contributed by atoms with Crippen molar-refractivity contribution in [3.63, 3.8) is 0 Å². The molecule has 0 radical (unpaired) electrons. The molecule has 15 heteroatoms. The summed E-state index contributed by atoms with van der Waals surface area (Å²) < 4.78 is 63.0. The quantitative estimate of drug-likeness (QED) is 0.105. The van der Waals surface area contributed by atoms with Crippen LogP contribution in [0.5, 0.6) is 46.0 Å². The number of rotatable bonds is 8. The number of aliphatic hydroxyl groups excluding tert-OH is 1. The second kappa shape index (κ2) is 14.5. The number of ether oxygens (including phenoxy) is 6. The average molecular weight is 757 g/mol. The zero-order chi connectivity index (χ0) is 39.1. The zero-order valence-corrected chi connectivity index (χ0v) is 28.8. The van der Waals surface area contributed by atoms with Crippen LogP contribution in [0.2, 0.25) is 0 Å². The fourth-order valence-electron chi connectivity index (χ4n) is 6.33. The molecule has 4 atom stereocenters. The lowest BCUT2D eigenvalue weighted by Crippen LogP contribution is -2.38. The molecular formula is C40H30F2O13. The van der Waals surface area contributed by atoms with Crippen LogP contribution in [0.3, 0.4) is 0 Å². The Kier molecular flexibility index (Phi) is 9.63. The number of phenols is 3. The first-order valence-electron chi connectivity index (χ1n) is 16.6. The van der Waals surface area contributed by atoms with Gasteiger partial charge in [0.05, 0.1) is 7.11 Å². The first-order chi connectivity index (χ1) is 26.3. The maximum absolute atomic E-state index is 14.7. The molecule has 2 heterocycles. The molecule has 0 saturated heterocycles. The number of ketones is 1. The van der Waals surface area contributed by atoms with E-state index < -0.39 is 66.1 Å². The Balaban J connectivity index is 1.20. The number of hydrogen-bond acceptors (Lipinski definition) is 13. The van der Waals surface area contributed by atoms with Crippen molar-refractivity contribution in [2.24, 2.45) is 0 Å². The Hall–Kier alpha value is -6.87. The first kappa shape index (κ1) is 36.5. The zero-order valence-electron chi connectivity index (χ0n) is 28.8. The van der Waals surface area contributed by atoms with Crippen LogP contribution in [-0.2, 0) is 9.53 Å². The van der Waals surface area contributed by atoms with Gasteiger partial charge in [-0.1, -0.05) is 18.2 Å². The van der Waals surface area contributed by atoms with Gasteiger partial charge in [-0.15, -0.1) is 0 Å². The Labute approximate surface area is 310 Å². The van der Waals surface area contributed by atoms with Crippen molar-refractivity contribution in [2.45, 2.75) is 31.3 Å². The van der Waals surface area contributed by atoms with Gasteiger partial charge in [0.15, 0.2) is 47.4 Å². The largest absolute Gasteiger partial charge is 0.508 e. The molecule has 282 valence electrons. The summed E-state index contributed by atoms with van der Waals surface area (Å²) in [6.45, 7) is 0.661. The lowest BCUT2D eigenvalue weighted by Gasteiger charge is -2.35. The van der Waals surface area contributed by atoms with Crippen molar-refractivity contribution in [2.75, 3.05) is 13.7 Å². The minimum atomic E-state index is -1.75. The average Bonchev–Trinajstić information content (AvgIpc) is 3.14. The van der Waals surface area contributed by atoms with E-state index in [-0.39, 0.29) is 68.1 Å². The van der Waals surface area contributed by atoms with Crippen molar-refractivity contribution in [3.8, 4) is 57.1 Å². The molecule has 7 rings (SSSR count). The smallest absolute Gasteiger partial charge is 0.342 e. The summed E-state index contributed by atoms with van der Waals surface area (Å²) in [6, 6.07) is 17.7. The third-order valence-electron chi connectivity index (χ3n) is 8.89. The second-order valence-corrected chi connectivity index (χ2v) is 12.5. The molecule has 0 bridgehead atoms. The predicted octanol–water partition coefficient (Wildman–Crippen LogP) is 6.10. The van der Waals surface area contributed by atoms with E-state index in [2.05, 4.69) is 0 Å². The van der Waals surface area contributed by atoms with Gasteiger partial charge in [-0.2, -0.15) is 0 Å². The third kappa shape index (κ3) is 7.12. The fraction of sp³-hybridized carbons (Fsp3) is 0.175. The summed E-state index contributed by atoms with van der Waals surface area (Å²) >= 11 is 0. The molecule has 0 aliphatic carbocycles.